The maximum absolute atomic E-state index is 12.3. The summed E-state index contributed by atoms with van der Waals surface area (Å²) in [6, 6.07) is 23.3. The Hall–Kier alpha value is -4.50. The number of ether oxygens (including phenoxy) is 1. The summed E-state index contributed by atoms with van der Waals surface area (Å²) in [5.41, 5.74) is 3.37. The first-order valence-corrected chi connectivity index (χ1v) is 12.2. The SMILES string of the molecule is O=C(COC(=O)c1ccc(-n2cccn2)nc1)Nc1ccc(N2CCN(Cc3ccccc3)CC2)cc1. The summed E-state index contributed by atoms with van der Waals surface area (Å²) in [6.07, 6.45) is 4.80. The van der Waals surface area contributed by atoms with E-state index in [-0.39, 0.29) is 12.2 Å². The van der Waals surface area contributed by atoms with Gasteiger partial charge in [-0.15, -0.1) is 0 Å². The van der Waals surface area contributed by atoms with Gasteiger partial charge in [0.1, 0.15) is 0 Å². The lowest BCUT2D eigenvalue weighted by atomic mass is 10.2. The predicted octanol–water partition coefficient (Wildman–Crippen LogP) is 3.39. The molecule has 37 heavy (non-hydrogen) atoms. The number of hydrogen-bond donors (Lipinski definition) is 1. The highest BCUT2D eigenvalue weighted by Gasteiger charge is 2.17. The fraction of sp³-hybridized carbons (Fsp3) is 0.214. The molecule has 1 aliphatic heterocycles. The molecule has 0 radical (unpaired) electrons. The molecule has 2 aromatic heterocycles. The molecule has 0 unspecified atom stereocenters. The number of benzene rings is 2. The zero-order chi connectivity index (χ0) is 25.5. The van der Waals surface area contributed by atoms with Gasteiger partial charge in [-0.3, -0.25) is 9.69 Å². The third kappa shape index (κ3) is 6.39. The second-order valence-corrected chi connectivity index (χ2v) is 8.78. The molecule has 1 fully saturated rings. The van der Waals surface area contributed by atoms with E-state index in [0.29, 0.717) is 11.5 Å². The first-order valence-electron chi connectivity index (χ1n) is 12.2. The summed E-state index contributed by atoms with van der Waals surface area (Å²) in [4.78, 5) is 33.6. The maximum atomic E-state index is 12.3. The topological polar surface area (TPSA) is 92.6 Å². The quantitative estimate of drug-likeness (QED) is 0.374. The summed E-state index contributed by atoms with van der Waals surface area (Å²) in [6.45, 7) is 4.49. The van der Waals surface area contributed by atoms with Crippen LogP contribution in [0.5, 0.6) is 0 Å². The van der Waals surface area contributed by atoms with Crippen LogP contribution in [0.3, 0.4) is 0 Å². The van der Waals surface area contributed by atoms with Gasteiger partial charge in [-0.25, -0.2) is 14.5 Å². The van der Waals surface area contributed by atoms with Crippen molar-refractivity contribution in [1.82, 2.24) is 19.7 Å². The average molecular weight is 497 g/mol. The molecule has 1 N–H and O–H groups in total. The van der Waals surface area contributed by atoms with E-state index in [0.717, 1.165) is 38.4 Å². The molecule has 0 spiro atoms. The minimum atomic E-state index is -0.614. The lowest BCUT2D eigenvalue weighted by Crippen LogP contribution is -2.45. The van der Waals surface area contributed by atoms with Crippen LogP contribution in [0.15, 0.2) is 91.4 Å². The molecular formula is C28H28N6O3. The minimum absolute atomic E-state index is 0.261. The van der Waals surface area contributed by atoms with Gasteiger partial charge in [-0.05, 0) is 48.0 Å². The molecule has 0 atom stereocenters. The van der Waals surface area contributed by atoms with Crippen LogP contribution in [0.1, 0.15) is 15.9 Å². The van der Waals surface area contributed by atoms with E-state index in [1.54, 1.807) is 35.3 Å². The van der Waals surface area contributed by atoms with Gasteiger partial charge < -0.3 is 15.0 Å². The second kappa shape index (κ2) is 11.5. The van der Waals surface area contributed by atoms with Gasteiger partial charge in [0.2, 0.25) is 0 Å². The van der Waals surface area contributed by atoms with Crippen LogP contribution in [0.4, 0.5) is 11.4 Å². The van der Waals surface area contributed by atoms with Gasteiger partial charge in [0.25, 0.3) is 5.91 Å². The first kappa shape index (κ1) is 24.2. The van der Waals surface area contributed by atoms with Crippen molar-refractivity contribution in [3.63, 3.8) is 0 Å². The highest BCUT2D eigenvalue weighted by molar-refractivity contribution is 5.95. The van der Waals surface area contributed by atoms with E-state index in [1.807, 2.05) is 30.3 Å². The number of piperazine rings is 1. The Morgan fingerprint density at radius 2 is 1.68 bits per heavy atom. The highest BCUT2D eigenvalue weighted by atomic mass is 16.5. The van der Waals surface area contributed by atoms with Gasteiger partial charge in [0.15, 0.2) is 12.4 Å². The van der Waals surface area contributed by atoms with Gasteiger partial charge in [-0.2, -0.15) is 5.10 Å². The van der Waals surface area contributed by atoms with Crippen molar-refractivity contribution < 1.29 is 14.3 Å². The molecule has 9 nitrogen and oxygen atoms in total. The number of anilines is 2. The molecule has 9 heteroatoms. The van der Waals surface area contributed by atoms with E-state index in [1.165, 1.54) is 11.8 Å². The van der Waals surface area contributed by atoms with Crippen molar-refractivity contribution in [3.05, 3.63) is 103 Å². The Labute approximate surface area is 215 Å². The van der Waals surface area contributed by atoms with Crippen molar-refractivity contribution in [2.45, 2.75) is 6.54 Å². The van der Waals surface area contributed by atoms with Crippen molar-refractivity contribution in [3.8, 4) is 5.82 Å². The average Bonchev–Trinajstić information content (AvgIpc) is 3.49. The largest absolute Gasteiger partial charge is 0.452 e. The number of nitrogens with zero attached hydrogens (tertiary/aromatic N) is 5. The van der Waals surface area contributed by atoms with Crippen molar-refractivity contribution in [2.24, 2.45) is 0 Å². The monoisotopic (exact) mass is 496 g/mol. The summed E-state index contributed by atoms with van der Waals surface area (Å²) < 4.78 is 6.72. The van der Waals surface area contributed by atoms with Crippen LogP contribution < -0.4 is 10.2 Å². The van der Waals surface area contributed by atoms with Crippen molar-refractivity contribution in [2.75, 3.05) is 43.0 Å². The number of pyridine rings is 1. The molecular weight excluding hydrogens is 468 g/mol. The van der Waals surface area contributed by atoms with Crippen LogP contribution in [0.25, 0.3) is 5.82 Å². The number of carbonyl (C=O) groups is 2. The van der Waals surface area contributed by atoms with Gasteiger partial charge in [0.05, 0.1) is 5.56 Å². The Bertz CT molecular complexity index is 1300. The van der Waals surface area contributed by atoms with E-state index < -0.39 is 11.9 Å². The second-order valence-electron chi connectivity index (χ2n) is 8.78. The van der Waals surface area contributed by atoms with Gasteiger partial charge in [-0.1, -0.05) is 30.3 Å². The zero-order valence-corrected chi connectivity index (χ0v) is 20.4. The normalized spacial score (nSPS) is 13.8. The smallest absolute Gasteiger partial charge is 0.340 e. The number of hydrogen-bond acceptors (Lipinski definition) is 7. The maximum Gasteiger partial charge on any atom is 0.340 e. The Morgan fingerprint density at radius 1 is 0.892 bits per heavy atom. The molecule has 1 amide bonds. The number of rotatable bonds is 8. The minimum Gasteiger partial charge on any atom is -0.452 e. The van der Waals surface area contributed by atoms with Crippen LogP contribution in [0, 0.1) is 0 Å². The van der Waals surface area contributed by atoms with E-state index in [4.69, 9.17) is 4.74 Å². The molecule has 1 aliphatic rings. The Kier molecular flexibility index (Phi) is 7.52. The molecule has 188 valence electrons. The zero-order valence-electron chi connectivity index (χ0n) is 20.4. The van der Waals surface area contributed by atoms with Crippen molar-refractivity contribution in [1.29, 1.82) is 0 Å². The standard InChI is InChI=1S/C28H28N6O3/c35-27(21-37-28(36)23-7-12-26(29-19-23)34-14-4-13-30-34)31-24-8-10-25(11-9-24)33-17-15-32(16-18-33)20-22-5-2-1-3-6-22/h1-14,19H,15-18,20-21H2,(H,31,35). The lowest BCUT2D eigenvalue weighted by Gasteiger charge is -2.36. The molecule has 0 bridgehead atoms. The van der Waals surface area contributed by atoms with Gasteiger partial charge in [0, 0.05) is 62.7 Å². The van der Waals surface area contributed by atoms with E-state index >= 15 is 0 Å². The van der Waals surface area contributed by atoms with Crippen LogP contribution in [-0.4, -0.2) is 64.3 Å². The summed E-state index contributed by atoms with van der Waals surface area (Å²) in [7, 11) is 0. The number of esters is 1. The molecule has 2 aromatic carbocycles. The predicted molar refractivity (Wildman–Crippen MR) is 141 cm³/mol. The van der Waals surface area contributed by atoms with Crippen molar-refractivity contribution >= 4 is 23.3 Å². The summed E-state index contributed by atoms with van der Waals surface area (Å²) in [5.74, 6) is -0.440. The molecule has 0 aliphatic carbocycles. The van der Waals surface area contributed by atoms with Gasteiger partial charge >= 0.3 is 5.97 Å². The molecule has 0 saturated carbocycles. The molecule has 3 heterocycles. The number of carbonyl (C=O) groups excluding carboxylic acids is 2. The summed E-state index contributed by atoms with van der Waals surface area (Å²) in [5, 5.41) is 6.86. The van der Waals surface area contributed by atoms with Crippen LogP contribution in [-0.2, 0) is 16.1 Å². The third-order valence-corrected chi connectivity index (χ3v) is 6.19. The first-order chi connectivity index (χ1) is 18.1. The highest BCUT2D eigenvalue weighted by Crippen LogP contribution is 2.20. The summed E-state index contributed by atoms with van der Waals surface area (Å²) >= 11 is 0. The Balaban J connectivity index is 1.06. The van der Waals surface area contributed by atoms with E-state index in [2.05, 4.69) is 49.5 Å². The number of aromatic nitrogens is 3. The fourth-order valence-electron chi connectivity index (χ4n) is 4.22. The van der Waals surface area contributed by atoms with E-state index in [9.17, 15) is 9.59 Å². The van der Waals surface area contributed by atoms with Crippen LogP contribution >= 0.6 is 0 Å². The third-order valence-electron chi connectivity index (χ3n) is 6.19. The number of nitrogens with one attached hydrogen (secondary N) is 1. The molecule has 1 saturated heterocycles. The number of amides is 1. The fourth-order valence-corrected chi connectivity index (χ4v) is 4.22. The van der Waals surface area contributed by atoms with Crippen LogP contribution in [0.2, 0.25) is 0 Å². The lowest BCUT2D eigenvalue weighted by molar-refractivity contribution is -0.119. The molecule has 5 rings (SSSR count). The Morgan fingerprint density at radius 3 is 2.35 bits per heavy atom. The molecule has 4 aromatic rings.